The molecule has 0 unspecified atom stereocenters. The number of thiophene rings is 1. The van der Waals surface area contributed by atoms with Crippen molar-refractivity contribution < 1.29 is 9.53 Å². The number of methoxy groups -OCH3 is 1. The third kappa shape index (κ3) is 4.07. The van der Waals surface area contributed by atoms with Crippen LogP contribution in [0, 0.1) is 0 Å². The first kappa shape index (κ1) is 19.7. The van der Waals surface area contributed by atoms with Crippen molar-refractivity contribution in [3.63, 3.8) is 0 Å². The number of benzene rings is 1. The molecule has 0 atom stereocenters. The fraction of sp³-hybridized carbons (Fsp3) is 0.158. The van der Waals surface area contributed by atoms with Crippen LogP contribution in [0.4, 0.5) is 5.69 Å². The summed E-state index contributed by atoms with van der Waals surface area (Å²) in [5.74, 6) is 1.64. The lowest BCUT2D eigenvalue weighted by Crippen LogP contribution is -2.30. The quantitative estimate of drug-likeness (QED) is 0.550. The Labute approximate surface area is 180 Å². The van der Waals surface area contributed by atoms with Gasteiger partial charge in [-0.2, -0.15) is 5.10 Å². The lowest BCUT2D eigenvalue weighted by atomic mass is 10.2. The van der Waals surface area contributed by atoms with Crippen molar-refractivity contribution in [2.75, 3.05) is 12.0 Å². The Bertz CT molecular complexity index is 1110. The van der Waals surface area contributed by atoms with Gasteiger partial charge in [0.15, 0.2) is 5.17 Å². The van der Waals surface area contributed by atoms with Crippen LogP contribution >= 0.6 is 34.7 Å². The highest BCUT2D eigenvalue weighted by molar-refractivity contribution is 8.13. The molecular weight excluding hydrogens is 430 g/mol. The molecule has 2 aromatic heterocycles. The van der Waals surface area contributed by atoms with E-state index in [4.69, 9.17) is 16.3 Å². The molecule has 4 rings (SSSR count). The molecule has 29 heavy (non-hydrogen) atoms. The average Bonchev–Trinajstić information content (AvgIpc) is 3.43. The average molecular weight is 446 g/mol. The fourth-order valence-corrected chi connectivity index (χ4v) is 4.61. The van der Waals surface area contributed by atoms with E-state index in [2.05, 4.69) is 15.1 Å². The first-order valence-corrected chi connectivity index (χ1v) is 10.8. The minimum Gasteiger partial charge on any atom is -0.495 e. The number of hydrogen-bond acceptors (Lipinski definition) is 7. The molecule has 0 saturated carbocycles. The smallest absolute Gasteiger partial charge is 0.283 e. The minimum atomic E-state index is -0.208. The summed E-state index contributed by atoms with van der Waals surface area (Å²) in [6, 6.07) is 9.10. The van der Waals surface area contributed by atoms with E-state index < -0.39 is 0 Å². The van der Waals surface area contributed by atoms with E-state index in [1.54, 1.807) is 52.3 Å². The van der Waals surface area contributed by atoms with Gasteiger partial charge in [0.25, 0.3) is 5.91 Å². The van der Waals surface area contributed by atoms with Gasteiger partial charge in [0, 0.05) is 11.9 Å². The highest BCUT2D eigenvalue weighted by atomic mass is 35.5. The number of aromatic nitrogens is 3. The standard InChI is InChI=1S/C19H16ClN5O2S2/c1-24-17(21-11-22-24)10-29-19-23-15(9-13-4-3-7-28-13)18(26)25(19)12-5-6-16(27-2)14(20)8-12/h3-9,11H,10H2,1-2H3/b15-9-. The van der Waals surface area contributed by atoms with Crippen LogP contribution in [0.25, 0.3) is 6.08 Å². The second kappa shape index (κ2) is 8.40. The van der Waals surface area contributed by atoms with E-state index in [9.17, 15) is 4.79 Å². The number of anilines is 1. The zero-order chi connectivity index (χ0) is 20.4. The molecule has 0 radical (unpaired) electrons. The predicted molar refractivity (Wildman–Crippen MR) is 118 cm³/mol. The summed E-state index contributed by atoms with van der Waals surface area (Å²) in [5, 5.41) is 7.02. The lowest BCUT2D eigenvalue weighted by molar-refractivity contribution is -0.113. The molecular formula is C19H16ClN5O2S2. The van der Waals surface area contributed by atoms with Gasteiger partial charge in [0.1, 0.15) is 23.6 Å². The van der Waals surface area contributed by atoms with Crippen molar-refractivity contribution in [1.82, 2.24) is 14.8 Å². The third-order valence-electron chi connectivity index (χ3n) is 4.18. The van der Waals surface area contributed by atoms with Gasteiger partial charge in [-0.3, -0.25) is 14.4 Å². The number of aryl methyl sites for hydroxylation is 1. The maximum atomic E-state index is 13.2. The van der Waals surface area contributed by atoms with Crippen LogP contribution < -0.4 is 9.64 Å². The molecule has 3 aromatic rings. The fourth-order valence-electron chi connectivity index (χ4n) is 2.70. The van der Waals surface area contributed by atoms with Crippen molar-refractivity contribution >= 4 is 57.5 Å². The summed E-state index contributed by atoms with van der Waals surface area (Å²) in [6.45, 7) is 0. The zero-order valence-corrected chi connectivity index (χ0v) is 18.0. The molecule has 10 heteroatoms. The zero-order valence-electron chi connectivity index (χ0n) is 15.6. The Morgan fingerprint density at radius 2 is 2.21 bits per heavy atom. The minimum absolute atomic E-state index is 0.208. The molecule has 1 aliphatic heterocycles. The number of aliphatic imine (C=N–C) groups is 1. The predicted octanol–water partition coefficient (Wildman–Crippen LogP) is 4.22. The summed E-state index contributed by atoms with van der Waals surface area (Å²) in [7, 11) is 3.38. The van der Waals surface area contributed by atoms with E-state index in [0.717, 1.165) is 10.7 Å². The number of ether oxygens (including phenoxy) is 1. The Hall–Kier alpha value is -2.62. The molecule has 0 spiro atoms. The molecule has 0 bridgehead atoms. The first-order chi connectivity index (χ1) is 14.1. The molecule has 3 heterocycles. The summed E-state index contributed by atoms with van der Waals surface area (Å²) < 4.78 is 6.91. The number of amidine groups is 1. The maximum Gasteiger partial charge on any atom is 0.283 e. The number of amides is 1. The molecule has 0 saturated heterocycles. The monoisotopic (exact) mass is 445 g/mol. The SMILES string of the molecule is COc1ccc(N2C(=O)/C(=C/c3cccs3)N=C2SCc2ncnn2C)cc1Cl. The second-order valence-corrected chi connectivity index (χ2v) is 8.32. The highest BCUT2D eigenvalue weighted by Gasteiger charge is 2.32. The molecule has 1 aliphatic rings. The van der Waals surface area contributed by atoms with E-state index in [-0.39, 0.29) is 5.91 Å². The van der Waals surface area contributed by atoms with Gasteiger partial charge < -0.3 is 4.74 Å². The largest absolute Gasteiger partial charge is 0.495 e. The Balaban J connectivity index is 1.68. The van der Waals surface area contributed by atoms with Crippen LogP contribution in [-0.2, 0) is 17.6 Å². The number of hydrogen-bond donors (Lipinski definition) is 0. The normalized spacial score (nSPS) is 15.3. The summed E-state index contributed by atoms with van der Waals surface area (Å²) in [6.07, 6.45) is 3.29. The second-order valence-electron chi connectivity index (χ2n) is 5.99. The van der Waals surface area contributed by atoms with Gasteiger partial charge in [-0.25, -0.2) is 9.98 Å². The molecule has 0 N–H and O–H groups in total. The van der Waals surface area contributed by atoms with Crippen molar-refractivity contribution in [2.45, 2.75) is 5.75 Å². The van der Waals surface area contributed by atoms with Crippen LogP contribution in [0.1, 0.15) is 10.7 Å². The number of carbonyl (C=O) groups is 1. The van der Waals surface area contributed by atoms with E-state index in [1.807, 2.05) is 24.6 Å². The maximum absolute atomic E-state index is 13.2. The van der Waals surface area contributed by atoms with Crippen LogP contribution in [0.3, 0.4) is 0 Å². The van der Waals surface area contributed by atoms with Crippen molar-refractivity contribution in [3.05, 3.63) is 63.5 Å². The molecule has 0 aliphatic carbocycles. The van der Waals surface area contributed by atoms with Crippen LogP contribution in [0.2, 0.25) is 5.02 Å². The van der Waals surface area contributed by atoms with Crippen LogP contribution in [0.5, 0.6) is 5.75 Å². The van der Waals surface area contributed by atoms with Gasteiger partial charge in [-0.15, -0.1) is 11.3 Å². The van der Waals surface area contributed by atoms with Crippen molar-refractivity contribution in [3.8, 4) is 5.75 Å². The Morgan fingerprint density at radius 1 is 1.34 bits per heavy atom. The van der Waals surface area contributed by atoms with Crippen molar-refractivity contribution in [2.24, 2.45) is 12.0 Å². The van der Waals surface area contributed by atoms with Crippen molar-refractivity contribution in [1.29, 1.82) is 0 Å². The van der Waals surface area contributed by atoms with Gasteiger partial charge in [-0.1, -0.05) is 29.4 Å². The van der Waals surface area contributed by atoms with Gasteiger partial charge in [-0.05, 0) is 35.7 Å². The molecule has 7 nitrogen and oxygen atoms in total. The summed E-state index contributed by atoms with van der Waals surface area (Å²) in [4.78, 5) is 24.5. The number of halogens is 1. The topological polar surface area (TPSA) is 72.6 Å². The number of nitrogens with zero attached hydrogens (tertiary/aromatic N) is 5. The van der Waals surface area contributed by atoms with E-state index in [0.29, 0.717) is 33.1 Å². The number of rotatable bonds is 5. The van der Waals surface area contributed by atoms with Gasteiger partial charge >= 0.3 is 0 Å². The van der Waals surface area contributed by atoms with E-state index >= 15 is 0 Å². The molecule has 1 amide bonds. The van der Waals surface area contributed by atoms with Crippen LogP contribution in [0.15, 0.2) is 52.7 Å². The van der Waals surface area contributed by atoms with Gasteiger partial charge in [0.2, 0.25) is 0 Å². The van der Waals surface area contributed by atoms with Crippen LogP contribution in [-0.4, -0.2) is 32.9 Å². The number of thioether (sulfide) groups is 1. The molecule has 0 fully saturated rings. The molecule has 1 aromatic carbocycles. The van der Waals surface area contributed by atoms with E-state index in [1.165, 1.54) is 18.1 Å². The third-order valence-corrected chi connectivity index (χ3v) is 6.23. The first-order valence-electron chi connectivity index (χ1n) is 8.54. The molecule has 148 valence electrons. The highest BCUT2D eigenvalue weighted by Crippen LogP contribution is 2.35. The lowest BCUT2D eigenvalue weighted by Gasteiger charge is -2.18. The van der Waals surface area contributed by atoms with Gasteiger partial charge in [0.05, 0.1) is 23.6 Å². The summed E-state index contributed by atoms with van der Waals surface area (Å²) >= 11 is 9.25. The summed E-state index contributed by atoms with van der Waals surface area (Å²) in [5.41, 5.74) is 0.999. The number of carbonyl (C=O) groups excluding carboxylic acids is 1. The Morgan fingerprint density at radius 3 is 2.86 bits per heavy atom. The Kier molecular flexibility index (Phi) is 5.70.